The molecule has 1 N–H and O–H groups in total. The van der Waals surface area contributed by atoms with Crippen LogP contribution in [0.1, 0.15) is 28.7 Å². The zero-order valence-corrected chi connectivity index (χ0v) is 16.8. The van der Waals surface area contributed by atoms with Crippen molar-refractivity contribution in [3.05, 3.63) is 70.8 Å². The number of likely N-dealkylation sites (N-methyl/N-ethyl adjacent to an activating group) is 1. The van der Waals surface area contributed by atoms with E-state index in [9.17, 15) is 18.0 Å². The first-order valence-corrected chi connectivity index (χ1v) is 9.00. The molecule has 0 aliphatic carbocycles. The van der Waals surface area contributed by atoms with Crippen LogP contribution in [0.4, 0.5) is 13.2 Å². The van der Waals surface area contributed by atoms with Crippen LogP contribution in [0.2, 0.25) is 0 Å². The first-order chi connectivity index (χ1) is 14.3. The molecule has 0 spiro atoms. The van der Waals surface area contributed by atoms with Crippen LogP contribution in [0.5, 0.6) is 0 Å². The molecule has 9 heteroatoms. The van der Waals surface area contributed by atoms with E-state index in [4.69, 9.17) is 9.68 Å². The number of carbonyl (C=O) groups is 1. The van der Waals surface area contributed by atoms with E-state index in [2.05, 4.69) is 15.6 Å². The summed E-state index contributed by atoms with van der Waals surface area (Å²) in [5.74, 6) is -0.478. The Morgan fingerprint density at radius 2 is 1.77 bits per heavy atom. The van der Waals surface area contributed by atoms with Crippen molar-refractivity contribution < 1.29 is 27.6 Å². The smallest absolute Gasteiger partial charge is 0.394 e. The minimum Gasteiger partial charge on any atom is -0.398 e. The molecule has 0 heterocycles. The van der Waals surface area contributed by atoms with Gasteiger partial charge in [-0.3, -0.25) is 4.79 Å². The number of hydrogen-bond acceptors (Lipinski definition) is 5. The highest BCUT2D eigenvalue weighted by molar-refractivity contribution is 6.45. The van der Waals surface area contributed by atoms with Crippen LogP contribution in [0.15, 0.2) is 58.8 Å². The maximum atomic E-state index is 13.0. The predicted octanol–water partition coefficient (Wildman–Crippen LogP) is 3.96. The molecule has 160 valence electrons. The zero-order chi connectivity index (χ0) is 22.1. The summed E-state index contributed by atoms with van der Waals surface area (Å²) in [4.78, 5) is 22.2. The summed E-state index contributed by atoms with van der Waals surface area (Å²) in [6, 6.07) is 13.2. The van der Waals surface area contributed by atoms with Crippen LogP contribution in [0, 0.1) is 6.92 Å². The lowest BCUT2D eigenvalue weighted by molar-refractivity contribution is -0.121. The highest BCUT2D eigenvalue weighted by Crippen LogP contribution is 2.23. The van der Waals surface area contributed by atoms with E-state index in [1.807, 2.05) is 0 Å². The van der Waals surface area contributed by atoms with E-state index in [1.54, 1.807) is 43.3 Å². The normalized spacial score (nSPS) is 12.5. The molecule has 0 unspecified atom stereocenters. The summed E-state index contributed by atoms with van der Waals surface area (Å²) in [7, 11) is 2.76. The van der Waals surface area contributed by atoms with Gasteiger partial charge in [0, 0.05) is 18.2 Å². The molecule has 0 saturated heterocycles. The van der Waals surface area contributed by atoms with Crippen LogP contribution >= 0.6 is 0 Å². The van der Waals surface area contributed by atoms with Crippen molar-refractivity contribution in [1.82, 2.24) is 5.32 Å². The molecular weight excluding hydrogens is 399 g/mol. The number of nitrogens with zero attached hydrogens (tertiary/aromatic N) is 2. The van der Waals surface area contributed by atoms with Gasteiger partial charge >= 0.3 is 6.18 Å². The third-order valence-corrected chi connectivity index (χ3v) is 4.15. The SMILES string of the molecule is CNC(=O)/C(=N/OC)c1cccc(C)c1CO/N=C(\CC(F)(F)F)c1ccccc1. The molecule has 2 aromatic rings. The van der Waals surface area contributed by atoms with Crippen molar-refractivity contribution in [2.75, 3.05) is 14.2 Å². The summed E-state index contributed by atoms with van der Waals surface area (Å²) in [6.07, 6.45) is -5.67. The molecule has 30 heavy (non-hydrogen) atoms. The minimum absolute atomic E-state index is 0.0184. The lowest BCUT2D eigenvalue weighted by atomic mass is 9.98. The van der Waals surface area contributed by atoms with Gasteiger partial charge in [-0.05, 0) is 18.1 Å². The molecule has 0 aliphatic rings. The topological polar surface area (TPSA) is 72.3 Å². The van der Waals surface area contributed by atoms with E-state index in [0.29, 0.717) is 16.7 Å². The second-order valence-electron chi connectivity index (χ2n) is 6.27. The number of amides is 1. The van der Waals surface area contributed by atoms with E-state index in [0.717, 1.165) is 5.56 Å². The number of oxime groups is 2. The Balaban J connectivity index is 2.35. The van der Waals surface area contributed by atoms with Crippen LogP contribution in [-0.4, -0.2) is 37.7 Å². The van der Waals surface area contributed by atoms with Gasteiger partial charge in [0.2, 0.25) is 0 Å². The number of aryl methyl sites for hydroxylation is 1. The van der Waals surface area contributed by atoms with Gasteiger partial charge in [-0.2, -0.15) is 13.2 Å². The van der Waals surface area contributed by atoms with E-state index in [-0.39, 0.29) is 18.0 Å². The standard InChI is InChI=1S/C21H22F3N3O3/c1-14-8-7-11-16(19(27-29-3)20(28)25-2)17(14)13-30-26-18(12-21(22,23)24)15-9-5-4-6-10-15/h4-11H,12-13H2,1-3H3,(H,25,28)/b26-18+,27-19+. The van der Waals surface area contributed by atoms with E-state index < -0.39 is 18.5 Å². The monoisotopic (exact) mass is 421 g/mol. The number of nitrogens with one attached hydrogen (secondary N) is 1. The van der Waals surface area contributed by atoms with Crippen molar-refractivity contribution in [3.63, 3.8) is 0 Å². The highest BCUT2D eigenvalue weighted by atomic mass is 19.4. The fourth-order valence-electron chi connectivity index (χ4n) is 2.72. The number of alkyl halides is 3. The first kappa shape index (κ1) is 22.9. The van der Waals surface area contributed by atoms with Crippen molar-refractivity contribution in [3.8, 4) is 0 Å². The van der Waals surface area contributed by atoms with Gasteiger partial charge < -0.3 is 15.0 Å². The van der Waals surface area contributed by atoms with Crippen LogP contribution in [0.25, 0.3) is 0 Å². The molecule has 1 amide bonds. The number of hydrogen-bond donors (Lipinski definition) is 1. The Bertz CT molecular complexity index is 926. The van der Waals surface area contributed by atoms with Crippen molar-refractivity contribution >= 4 is 17.3 Å². The molecule has 2 aromatic carbocycles. The third kappa shape index (κ3) is 6.33. The number of halogens is 3. The quantitative estimate of drug-likeness (QED) is 0.518. The second kappa shape index (κ2) is 10.4. The molecular formula is C21H22F3N3O3. The van der Waals surface area contributed by atoms with Crippen LogP contribution in [0.3, 0.4) is 0 Å². The molecule has 0 atom stereocenters. The van der Waals surface area contributed by atoms with Crippen LogP contribution in [-0.2, 0) is 21.1 Å². The Hall–Kier alpha value is -3.36. The Labute approximate surface area is 172 Å². The first-order valence-electron chi connectivity index (χ1n) is 9.00. The lowest BCUT2D eigenvalue weighted by Gasteiger charge is -2.14. The summed E-state index contributed by atoms with van der Waals surface area (Å²) >= 11 is 0. The zero-order valence-electron chi connectivity index (χ0n) is 16.8. The number of benzene rings is 2. The van der Waals surface area contributed by atoms with Gasteiger partial charge in [-0.1, -0.05) is 58.8 Å². The summed E-state index contributed by atoms with van der Waals surface area (Å²) < 4.78 is 38.9. The molecule has 0 fully saturated rings. The van der Waals surface area contributed by atoms with Gasteiger partial charge in [0.1, 0.15) is 13.7 Å². The average molecular weight is 421 g/mol. The van der Waals surface area contributed by atoms with Crippen molar-refractivity contribution in [2.45, 2.75) is 26.1 Å². The Morgan fingerprint density at radius 3 is 2.37 bits per heavy atom. The Morgan fingerprint density at radius 1 is 1.07 bits per heavy atom. The minimum atomic E-state index is -4.44. The van der Waals surface area contributed by atoms with Gasteiger partial charge in [0.15, 0.2) is 5.71 Å². The molecule has 6 nitrogen and oxygen atoms in total. The molecule has 0 saturated carbocycles. The summed E-state index contributed by atoms with van der Waals surface area (Å²) in [5, 5.41) is 10.00. The summed E-state index contributed by atoms with van der Waals surface area (Å²) in [5.41, 5.74) is 1.84. The fraction of sp³-hybridized carbons (Fsp3) is 0.286. The molecule has 0 aromatic heterocycles. The van der Waals surface area contributed by atoms with Gasteiger partial charge in [0.05, 0.1) is 12.1 Å². The van der Waals surface area contributed by atoms with Crippen molar-refractivity contribution in [1.29, 1.82) is 0 Å². The van der Waals surface area contributed by atoms with Gasteiger partial charge in [-0.15, -0.1) is 0 Å². The third-order valence-electron chi connectivity index (χ3n) is 4.15. The predicted molar refractivity (Wildman–Crippen MR) is 107 cm³/mol. The Kier molecular flexibility index (Phi) is 7.97. The lowest BCUT2D eigenvalue weighted by Crippen LogP contribution is -2.29. The molecule has 0 aliphatic heterocycles. The maximum Gasteiger partial charge on any atom is 0.394 e. The van der Waals surface area contributed by atoms with E-state index in [1.165, 1.54) is 26.3 Å². The highest BCUT2D eigenvalue weighted by Gasteiger charge is 2.31. The fourth-order valence-corrected chi connectivity index (χ4v) is 2.72. The molecule has 2 rings (SSSR count). The van der Waals surface area contributed by atoms with E-state index >= 15 is 0 Å². The second-order valence-corrected chi connectivity index (χ2v) is 6.27. The van der Waals surface area contributed by atoms with Crippen molar-refractivity contribution in [2.24, 2.45) is 10.3 Å². The average Bonchev–Trinajstić information content (AvgIpc) is 2.71. The summed E-state index contributed by atoms with van der Waals surface area (Å²) in [6.45, 7) is 1.63. The van der Waals surface area contributed by atoms with Gasteiger partial charge in [0.25, 0.3) is 5.91 Å². The molecule has 0 bridgehead atoms. The largest absolute Gasteiger partial charge is 0.398 e. The van der Waals surface area contributed by atoms with Gasteiger partial charge in [-0.25, -0.2) is 0 Å². The van der Waals surface area contributed by atoms with Crippen LogP contribution < -0.4 is 5.32 Å². The number of carbonyl (C=O) groups excluding carboxylic acids is 1. The number of rotatable bonds is 8. The maximum absolute atomic E-state index is 13.0. The molecule has 0 radical (unpaired) electrons.